The van der Waals surface area contributed by atoms with Gasteiger partial charge in [0.05, 0.1) is 29.6 Å². The minimum absolute atomic E-state index is 0.189. The molecular weight excluding hydrogens is 218 g/mol. The van der Waals surface area contributed by atoms with E-state index in [2.05, 4.69) is 25.3 Å². The zero-order chi connectivity index (χ0) is 11.7. The van der Waals surface area contributed by atoms with Crippen LogP contribution in [-0.2, 0) is 6.54 Å². The summed E-state index contributed by atoms with van der Waals surface area (Å²) < 4.78 is 0. The fraction of sp³-hybridized carbons (Fsp3) is 0.0909. The second kappa shape index (κ2) is 3.82. The van der Waals surface area contributed by atoms with E-state index < -0.39 is 0 Å². The van der Waals surface area contributed by atoms with Crippen LogP contribution in [0, 0.1) is 0 Å². The van der Waals surface area contributed by atoms with E-state index in [-0.39, 0.29) is 5.69 Å². The van der Waals surface area contributed by atoms with Crippen molar-refractivity contribution >= 4 is 16.7 Å². The highest BCUT2D eigenvalue weighted by atomic mass is 16.1. The quantitative estimate of drug-likeness (QED) is 0.544. The first kappa shape index (κ1) is 9.71. The van der Waals surface area contributed by atoms with Crippen LogP contribution in [0.15, 0.2) is 35.5 Å². The third-order valence-corrected chi connectivity index (χ3v) is 2.55. The Morgan fingerprint density at radius 3 is 2.94 bits per heavy atom. The number of H-pyrrole nitrogens is 3. The zero-order valence-corrected chi connectivity index (χ0v) is 8.95. The van der Waals surface area contributed by atoms with Gasteiger partial charge in [0.1, 0.15) is 0 Å². The monoisotopic (exact) mass is 229 g/mol. The maximum Gasteiger partial charge on any atom is 0.323 e. The molecule has 3 aromatic rings. The summed E-state index contributed by atoms with van der Waals surface area (Å²) >= 11 is 0. The number of hydrogen-bond acceptors (Lipinski definition) is 3. The molecule has 0 amide bonds. The van der Waals surface area contributed by atoms with Gasteiger partial charge in [-0.05, 0) is 18.2 Å². The van der Waals surface area contributed by atoms with E-state index in [1.54, 1.807) is 12.5 Å². The Hall–Kier alpha value is -2.50. The number of anilines is 1. The fourth-order valence-corrected chi connectivity index (χ4v) is 1.72. The number of nitrogens with zero attached hydrogens (tertiary/aromatic N) is 1. The molecule has 0 atom stereocenters. The number of fused-ring (bicyclic) bond motifs is 1. The summed E-state index contributed by atoms with van der Waals surface area (Å²) in [6.45, 7) is 0.667. The number of rotatable bonds is 3. The lowest BCUT2D eigenvalue weighted by Crippen LogP contribution is -1.99. The van der Waals surface area contributed by atoms with Gasteiger partial charge in [0.15, 0.2) is 0 Å². The Morgan fingerprint density at radius 1 is 1.24 bits per heavy atom. The molecule has 0 radical (unpaired) electrons. The molecule has 1 aromatic carbocycles. The predicted molar refractivity (Wildman–Crippen MR) is 64.8 cm³/mol. The van der Waals surface area contributed by atoms with Gasteiger partial charge in [0.25, 0.3) is 0 Å². The molecule has 0 spiro atoms. The molecule has 0 bridgehead atoms. The Balaban J connectivity index is 1.83. The second-order valence-corrected chi connectivity index (χ2v) is 3.77. The first-order chi connectivity index (χ1) is 8.31. The minimum atomic E-state index is -0.189. The molecule has 86 valence electrons. The van der Waals surface area contributed by atoms with Gasteiger partial charge in [-0.3, -0.25) is 0 Å². The summed E-state index contributed by atoms with van der Waals surface area (Å²) in [4.78, 5) is 23.5. The topological polar surface area (TPSA) is 89.4 Å². The highest BCUT2D eigenvalue weighted by Crippen LogP contribution is 2.14. The molecule has 0 saturated heterocycles. The Morgan fingerprint density at radius 2 is 2.12 bits per heavy atom. The second-order valence-electron chi connectivity index (χ2n) is 3.77. The van der Waals surface area contributed by atoms with Crippen molar-refractivity contribution in [3.8, 4) is 0 Å². The highest BCUT2D eigenvalue weighted by molar-refractivity contribution is 5.78. The SMILES string of the molecule is O=c1[nH]c2ccc(NCc3cnc[nH]3)cc2[nH]1. The van der Waals surface area contributed by atoms with E-state index in [0.717, 1.165) is 22.4 Å². The van der Waals surface area contributed by atoms with Crippen molar-refractivity contribution in [1.82, 2.24) is 19.9 Å². The van der Waals surface area contributed by atoms with Crippen LogP contribution >= 0.6 is 0 Å². The molecule has 2 aromatic heterocycles. The molecule has 6 nitrogen and oxygen atoms in total. The largest absolute Gasteiger partial charge is 0.379 e. The van der Waals surface area contributed by atoms with Gasteiger partial charge in [-0.1, -0.05) is 0 Å². The summed E-state index contributed by atoms with van der Waals surface area (Å²) in [7, 11) is 0. The number of hydrogen-bond donors (Lipinski definition) is 4. The molecule has 0 fully saturated rings. The molecule has 0 unspecified atom stereocenters. The van der Waals surface area contributed by atoms with Crippen LogP contribution in [-0.4, -0.2) is 19.9 Å². The van der Waals surface area contributed by atoms with E-state index >= 15 is 0 Å². The zero-order valence-electron chi connectivity index (χ0n) is 8.95. The van der Waals surface area contributed by atoms with Gasteiger partial charge in [0.2, 0.25) is 0 Å². The van der Waals surface area contributed by atoms with E-state index in [1.807, 2.05) is 18.2 Å². The van der Waals surface area contributed by atoms with Crippen molar-refractivity contribution in [2.24, 2.45) is 0 Å². The lowest BCUT2D eigenvalue weighted by Gasteiger charge is -2.04. The molecule has 0 aliphatic rings. The van der Waals surface area contributed by atoms with E-state index in [0.29, 0.717) is 6.54 Å². The van der Waals surface area contributed by atoms with Gasteiger partial charge in [-0.2, -0.15) is 0 Å². The normalized spacial score (nSPS) is 10.8. The van der Waals surface area contributed by atoms with Crippen LogP contribution in [0.25, 0.3) is 11.0 Å². The molecule has 2 heterocycles. The van der Waals surface area contributed by atoms with Gasteiger partial charge >= 0.3 is 5.69 Å². The van der Waals surface area contributed by atoms with Gasteiger partial charge in [-0.15, -0.1) is 0 Å². The van der Waals surface area contributed by atoms with Crippen LogP contribution in [0.2, 0.25) is 0 Å². The third-order valence-electron chi connectivity index (χ3n) is 2.55. The lowest BCUT2D eigenvalue weighted by atomic mass is 10.2. The van der Waals surface area contributed by atoms with E-state index in [4.69, 9.17) is 0 Å². The van der Waals surface area contributed by atoms with Gasteiger partial charge in [-0.25, -0.2) is 9.78 Å². The average Bonchev–Trinajstić information content (AvgIpc) is 2.92. The lowest BCUT2D eigenvalue weighted by molar-refractivity contribution is 1.07. The van der Waals surface area contributed by atoms with Crippen LogP contribution in [0.1, 0.15) is 5.69 Å². The molecular formula is C11H11N5O. The summed E-state index contributed by atoms with van der Waals surface area (Å²) in [6, 6.07) is 5.68. The maximum absolute atomic E-state index is 11.1. The third kappa shape index (κ3) is 1.92. The van der Waals surface area contributed by atoms with Crippen molar-refractivity contribution in [3.05, 3.63) is 46.9 Å². The maximum atomic E-state index is 11.1. The van der Waals surface area contributed by atoms with Crippen molar-refractivity contribution in [3.63, 3.8) is 0 Å². The van der Waals surface area contributed by atoms with Crippen LogP contribution in [0.5, 0.6) is 0 Å². The predicted octanol–water partition coefficient (Wildman–Crippen LogP) is 1.19. The summed E-state index contributed by atoms with van der Waals surface area (Å²) in [5.74, 6) is 0. The Kier molecular flexibility index (Phi) is 2.18. The number of benzene rings is 1. The van der Waals surface area contributed by atoms with Crippen molar-refractivity contribution in [2.45, 2.75) is 6.54 Å². The fourth-order valence-electron chi connectivity index (χ4n) is 1.72. The van der Waals surface area contributed by atoms with Crippen LogP contribution < -0.4 is 11.0 Å². The van der Waals surface area contributed by atoms with Gasteiger partial charge < -0.3 is 20.3 Å². The molecule has 4 N–H and O–H groups in total. The average molecular weight is 229 g/mol. The van der Waals surface area contributed by atoms with Gasteiger partial charge in [0, 0.05) is 11.9 Å². The summed E-state index contributed by atoms with van der Waals surface area (Å²) in [6.07, 6.45) is 3.41. The number of nitrogens with one attached hydrogen (secondary N) is 4. The molecule has 17 heavy (non-hydrogen) atoms. The standard InChI is InChI=1S/C11H11N5O/c17-11-15-9-2-1-7(3-10(9)16-11)13-5-8-4-12-6-14-8/h1-4,6,13H,5H2,(H,12,14)(H2,15,16,17). The molecule has 0 aliphatic heterocycles. The van der Waals surface area contributed by atoms with Crippen molar-refractivity contribution < 1.29 is 0 Å². The van der Waals surface area contributed by atoms with E-state index in [1.165, 1.54) is 0 Å². The first-order valence-electron chi connectivity index (χ1n) is 5.24. The Labute approximate surface area is 96.1 Å². The minimum Gasteiger partial charge on any atom is -0.379 e. The molecule has 3 rings (SSSR count). The summed E-state index contributed by atoms with van der Waals surface area (Å²) in [5.41, 5.74) is 3.37. The summed E-state index contributed by atoms with van der Waals surface area (Å²) in [5, 5.41) is 3.24. The number of aromatic amines is 3. The Bertz CT molecular complexity index is 679. The molecule has 6 heteroatoms. The smallest absolute Gasteiger partial charge is 0.323 e. The molecule has 0 saturated carbocycles. The van der Waals surface area contributed by atoms with Crippen LogP contribution in [0.3, 0.4) is 0 Å². The van der Waals surface area contributed by atoms with Crippen molar-refractivity contribution in [1.29, 1.82) is 0 Å². The first-order valence-corrected chi connectivity index (χ1v) is 5.24. The highest BCUT2D eigenvalue weighted by Gasteiger charge is 2.00. The number of aromatic nitrogens is 4. The van der Waals surface area contributed by atoms with Crippen LogP contribution in [0.4, 0.5) is 5.69 Å². The molecule has 0 aliphatic carbocycles. The van der Waals surface area contributed by atoms with Crippen molar-refractivity contribution in [2.75, 3.05) is 5.32 Å². The number of imidazole rings is 2. The van der Waals surface area contributed by atoms with E-state index in [9.17, 15) is 4.79 Å².